The molecule has 0 atom stereocenters. The van der Waals surface area contributed by atoms with Crippen LogP contribution < -0.4 is 0 Å². The van der Waals surface area contributed by atoms with Gasteiger partial charge < -0.3 is 14.6 Å². The minimum absolute atomic E-state index is 0.0648. The number of aliphatic hydroxyl groups excluding tert-OH is 1. The van der Waals surface area contributed by atoms with Crippen molar-refractivity contribution < 1.29 is 14.6 Å². The maximum atomic E-state index is 7.00. The molecule has 0 bridgehead atoms. The Hall–Kier alpha value is -0.900. The molecule has 0 amide bonds. The standard InChI is InChI=1S/C6H6.C4H10O2.CH4O/c1-2-4-6-5-3-1;1-4(5-2)6-3;1-2/h1-6H;4H,1-3H3;2H,1H3. The zero-order valence-corrected chi connectivity index (χ0v) is 9.31. The Bertz CT molecular complexity index is 135. The van der Waals surface area contributed by atoms with Gasteiger partial charge in [-0.15, -0.1) is 0 Å². The van der Waals surface area contributed by atoms with Crippen molar-refractivity contribution in [1.29, 1.82) is 0 Å². The highest BCUT2D eigenvalue weighted by Crippen LogP contribution is 1.83. The largest absolute Gasteiger partial charge is 0.400 e. The summed E-state index contributed by atoms with van der Waals surface area (Å²) in [6, 6.07) is 12.0. The van der Waals surface area contributed by atoms with E-state index in [1.807, 2.05) is 43.3 Å². The third kappa shape index (κ3) is 13.7. The number of methoxy groups -OCH3 is 2. The van der Waals surface area contributed by atoms with Gasteiger partial charge in [-0.2, -0.15) is 0 Å². The van der Waals surface area contributed by atoms with Crippen molar-refractivity contribution >= 4 is 0 Å². The highest BCUT2D eigenvalue weighted by Gasteiger charge is 1.87. The van der Waals surface area contributed by atoms with Crippen LogP contribution >= 0.6 is 0 Å². The summed E-state index contributed by atoms with van der Waals surface area (Å²) in [6.45, 7) is 1.83. The Balaban J connectivity index is 0. The lowest BCUT2D eigenvalue weighted by Gasteiger charge is -2.03. The van der Waals surface area contributed by atoms with Gasteiger partial charge in [0.1, 0.15) is 0 Å². The predicted octanol–water partition coefficient (Wildman–Crippen LogP) is 1.92. The molecule has 0 spiro atoms. The van der Waals surface area contributed by atoms with Crippen LogP contribution in [0, 0.1) is 0 Å². The number of benzene rings is 1. The summed E-state index contributed by atoms with van der Waals surface area (Å²) in [4.78, 5) is 0. The minimum Gasteiger partial charge on any atom is -0.400 e. The normalized spacial score (nSPS) is 8.14. The van der Waals surface area contributed by atoms with Crippen molar-refractivity contribution in [2.24, 2.45) is 0 Å². The van der Waals surface area contributed by atoms with Crippen LogP contribution in [0.25, 0.3) is 0 Å². The molecule has 0 saturated heterocycles. The van der Waals surface area contributed by atoms with E-state index < -0.39 is 0 Å². The van der Waals surface area contributed by atoms with Crippen LogP contribution in [0.3, 0.4) is 0 Å². The van der Waals surface area contributed by atoms with Crippen molar-refractivity contribution in [2.75, 3.05) is 21.3 Å². The van der Waals surface area contributed by atoms with Crippen molar-refractivity contribution in [1.82, 2.24) is 0 Å². The fourth-order valence-corrected chi connectivity index (χ4v) is 0.481. The lowest BCUT2D eigenvalue weighted by atomic mass is 10.4. The summed E-state index contributed by atoms with van der Waals surface area (Å²) in [5.41, 5.74) is 0. The second-order valence-electron chi connectivity index (χ2n) is 2.19. The van der Waals surface area contributed by atoms with Crippen LogP contribution in [-0.4, -0.2) is 32.7 Å². The zero-order chi connectivity index (χ0) is 11.2. The van der Waals surface area contributed by atoms with Crippen LogP contribution in [0.2, 0.25) is 0 Å². The fraction of sp³-hybridized carbons (Fsp3) is 0.455. The number of rotatable bonds is 2. The minimum atomic E-state index is -0.0648. The Morgan fingerprint density at radius 1 is 0.786 bits per heavy atom. The molecule has 0 fully saturated rings. The number of hydrogen-bond donors (Lipinski definition) is 1. The molecule has 0 aliphatic rings. The lowest BCUT2D eigenvalue weighted by Crippen LogP contribution is -2.05. The van der Waals surface area contributed by atoms with E-state index in [0.29, 0.717) is 0 Å². The van der Waals surface area contributed by atoms with Gasteiger partial charge in [-0.05, 0) is 6.92 Å². The van der Waals surface area contributed by atoms with Gasteiger partial charge >= 0.3 is 0 Å². The van der Waals surface area contributed by atoms with Gasteiger partial charge in [0, 0.05) is 21.3 Å². The quantitative estimate of drug-likeness (QED) is 0.741. The van der Waals surface area contributed by atoms with Gasteiger partial charge in [-0.3, -0.25) is 0 Å². The van der Waals surface area contributed by atoms with Crippen LogP contribution in [-0.2, 0) is 9.47 Å². The monoisotopic (exact) mass is 200 g/mol. The molecular formula is C11H20O3. The molecule has 3 nitrogen and oxygen atoms in total. The molecule has 0 aromatic heterocycles. The highest BCUT2D eigenvalue weighted by atomic mass is 16.7. The third-order valence-corrected chi connectivity index (χ3v) is 1.33. The van der Waals surface area contributed by atoms with Crippen LogP contribution in [0.5, 0.6) is 0 Å². The first-order valence-corrected chi connectivity index (χ1v) is 4.31. The Morgan fingerprint density at radius 2 is 1.00 bits per heavy atom. The van der Waals surface area contributed by atoms with Gasteiger partial charge in [-0.25, -0.2) is 0 Å². The summed E-state index contributed by atoms with van der Waals surface area (Å²) in [6.07, 6.45) is -0.0648. The second-order valence-corrected chi connectivity index (χ2v) is 2.19. The molecule has 0 aliphatic heterocycles. The van der Waals surface area contributed by atoms with E-state index in [0.717, 1.165) is 7.11 Å². The van der Waals surface area contributed by atoms with E-state index in [9.17, 15) is 0 Å². The van der Waals surface area contributed by atoms with E-state index >= 15 is 0 Å². The van der Waals surface area contributed by atoms with E-state index in [4.69, 9.17) is 5.11 Å². The first-order valence-electron chi connectivity index (χ1n) is 4.31. The smallest absolute Gasteiger partial charge is 0.154 e. The molecule has 1 rings (SSSR count). The number of hydrogen-bond acceptors (Lipinski definition) is 3. The predicted molar refractivity (Wildman–Crippen MR) is 58.1 cm³/mol. The second kappa shape index (κ2) is 14.6. The van der Waals surface area contributed by atoms with E-state index in [-0.39, 0.29) is 6.29 Å². The lowest BCUT2D eigenvalue weighted by molar-refractivity contribution is -0.0877. The highest BCUT2D eigenvalue weighted by molar-refractivity contribution is 4.99. The van der Waals surface area contributed by atoms with Crippen molar-refractivity contribution in [3.05, 3.63) is 36.4 Å². The molecule has 82 valence electrons. The molecule has 0 aliphatic carbocycles. The van der Waals surface area contributed by atoms with Gasteiger partial charge in [-0.1, -0.05) is 36.4 Å². The van der Waals surface area contributed by atoms with E-state index in [1.54, 1.807) is 14.2 Å². The molecule has 0 heterocycles. The van der Waals surface area contributed by atoms with Crippen molar-refractivity contribution in [3.8, 4) is 0 Å². The van der Waals surface area contributed by atoms with Gasteiger partial charge in [0.25, 0.3) is 0 Å². The van der Waals surface area contributed by atoms with Gasteiger partial charge in [0.15, 0.2) is 6.29 Å². The van der Waals surface area contributed by atoms with E-state index in [1.165, 1.54) is 0 Å². The number of aliphatic hydroxyl groups is 1. The summed E-state index contributed by atoms with van der Waals surface area (Å²) >= 11 is 0. The third-order valence-electron chi connectivity index (χ3n) is 1.33. The Kier molecular flexibility index (Phi) is 16.3. The Morgan fingerprint density at radius 3 is 1.07 bits per heavy atom. The first-order chi connectivity index (χ1) is 6.81. The van der Waals surface area contributed by atoms with E-state index in [2.05, 4.69) is 9.47 Å². The van der Waals surface area contributed by atoms with Gasteiger partial charge in [0.05, 0.1) is 0 Å². The van der Waals surface area contributed by atoms with Gasteiger partial charge in [0.2, 0.25) is 0 Å². The summed E-state index contributed by atoms with van der Waals surface area (Å²) < 4.78 is 9.35. The topological polar surface area (TPSA) is 38.7 Å². The SMILES string of the molecule is CO.COC(C)OC.c1ccccc1. The number of ether oxygens (including phenoxy) is 2. The average molecular weight is 200 g/mol. The molecular weight excluding hydrogens is 180 g/mol. The maximum Gasteiger partial charge on any atom is 0.154 e. The summed E-state index contributed by atoms with van der Waals surface area (Å²) in [7, 11) is 4.21. The van der Waals surface area contributed by atoms with Crippen LogP contribution in [0.4, 0.5) is 0 Å². The molecule has 0 saturated carbocycles. The molecule has 3 heteroatoms. The van der Waals surface area contributed by atoms with Crippen molar-refractivity contribution in [3.63, 3.8) is 0 Å². The molecule has 1 aromatic carbocycles. The average Bonchev–Trinajstić information content (AvgIpc) is 2.33. The summed E-state index contributed by atoms with van der Waals surface area (Å²) in [5.74, 6) is 0. The molecule has 1 aromatic rings. The van der Waals surface area contributed by atoms with Crippen LogP contribution in [0.1, 0.15) is 6.92 Å². The maximum absolute atomic E-state index is 7.00. The summed E-state index contributed by atoms with van der Waals surface area (Å²) in [5, 5.41) is 7.00. The molecule has 14 heavy (non-hydrogen) atoms. The fourth-order valence-electron chi connectivity index (χ4n) is 0.481. The van der Waals surface area contributed by atoms with Crippen LogP contribution in [0.15, 0.2) is 36.4 Å². The zero-order valence-electron chi connectivity index (χ0n) is 9.31. The van der Waals surface area contributed by atoms with Crippen molar-refractivity contribution in [2.45, 2.75) is 13.2 Å². The molecule has 0 radical (unpaired) electrons. The molecule has 0 unspecified atom stereocenters. The molecule has 1 N–H and O–H groups in total. The Labute approximate surface area is 86.3 Å². The first kappa shape index (κ1) is 15.6.